The van der Waals surface area contributed by atoms with Crippen LogP contribution in [0.1, 0.15) is 23.0 Å². The molecule has 7 nitrogen and oxygen atoms in total. The minimum Gasteiger partial charge on any atom is -0.484 e. The van der Waals surface area contributed by atoms with E-state index in [1.807, 2.05) is 47.9 Å². The Bertz CT molecular complexity index is 1270. The van der Waals surface area contributed by atoms with Gasteiger partial charge in [-0.1, -0.05) is 11.6 Å². The molecule has 4 rings (SSSR count). The standard InChI is InChI=1S/C25H23ClN4O3/c1-2-30-22-8-5-20(29-24(31)16-33-21-6-3-19(26)4-7-21)13-18(22)14-23(30)25(32)28-15-17-9-11-27-12-10-17/h3-14H,2,15-16H2,1H3,(H,28,32)(H,29,31). The second kappa shape index (κ2) is 10.2. The van der Waals surface area contributed by atoms with Crippen LogP contribution in [0.15, 0.2) is 73.1 Å². The molecule has 0 aliphatic rings. The highest BCUT2D eigenvalue weighted by molar-refractivity contribution is 6.30. The van der Waals surface area contributed by atoms with Gasteiger partial charge in [0.25, 0.3) is 11.8 Å². The Morgan fingerprint density at radius 3 is 2.52 bits per heavy atom. The molecule has 0 radical (unpaired) electrons. The topological polar surface area (TPSA) is 85.3 Å². The van der Waals surface area contributed by atoms with Gasteiger partial charge >= 0.3 is 0 Å². The Balaban J connectivity index is 1.44. The monoisotopic (exact) mass is 462 g/mol. The number of nitrogens with zero attached hydrogens (tertiary/aromatic N) is 2. The lowest BCUT2D eigenvalue weighted by molar-refractivity contribution is -0.118. The maximum Gasteiger partial charge on any atom is 0.268 e. The van der Waals surface area contributed by atoms with Crippen LogP contribution in [0.3, 0.4) is 0 Å². The highest BCUT2D eigenvalue weighted by Gasteiger charge is 2.15. The zero-order valence-electron chi connectivity index (χ0n) is 18.0. The van der Waals surface area contributed by atoms with E-state index in [2.05, 4.69) is 15.6 Å². The van der Waals surface area contributed by atoms with Gasteiger partial charge in [-0.25, -0.2) is 0 Å². The number of aryl methyl sites for hydroxylation is 1. The van der Waals surface area contributed by atoms with Gasteiger partial charge in [-0.05, 0) is 73.2 Å². The van der Waals surface area contributed by atoms with Crippen molar-refractivity contribution in [3.63, 3.8) is 0 Å². The van der Waals surface area contributed by atoms with Gasteiger partial charge in [-0.3, -0.25) is 14.6 Å². The number of carbonyl (C=O) groups is 2. The molecule has 2 N–H and O–H groups in total. The van der Waals surface area contributed by atoms with Gasteiger partial charge in [0.2, 0.25) is 0 Å². The van der Waals surface area contributed by atoms with Crippen LogP contribution in [-0.2, 0) is 17.9 Å². The number of aromatic nitrogens is 2. The van der Waals surface area contributed by atoms with E-state index in [9.17, 15) is 9.59 Å². The molecular weight excluding hydrogens is 440 g/mol. The average Bonchev–Trinajstić information content (AvgIpc) is 3.21. The molecule has 0 saturated heterocycles. The van der Waals surface area contributed by atoms with Crippen LogP contribution in [0.4, 0.5) is 5.69 Å². The average molecular weight is 463 g/mol. The predicted molar refractivity (Wildman–Crippen MR) is 129 cm³/mol. The SMILES string of the molecule is CCn1c(C(=O)NCc2ccncc2)cc2cc(NC(=O)COc3ccc(Cl)cc3)ccc21. The van der Waals surface area contributed by atoms with Crippen molar-refractivity contribution >= 4 is 40.0 Å². The fourth-order valence-electron chi connectivity index (χ4n) is 3.53. The number of halogens is 1. The number of ether oxygens (including phenoxy) is 1. The number of carbonyl (C=O) groups excluding carboxylic acids is 2. The maximum atomic E-state index is 12.8. The van der Waals surface area contributed by atoms with Gasteiger partial charge in [0, 0.05) is 47.1 Å². The highest BCUT2D eigenvalue weighted by atomic mass is 35.5. The van der Waals surface area contributed by atoms with Crippen molar-refractivity contribution in [3.8, 4) is 5.75 Å². The fraction of sp³-hybridized carbons (Fsp3) is 0.160. The number of benzene rings is 2. The number of rotatable bonds is 8. The molecule has 8 heteroatoms. The first-order chi connectivity index (χ1) is 16.0. The molecule has 2 heterocycles. The van der Waals surface area contributed by atoms with E-state index >= 15 is 0 Å². The summed E-state index contributed by atoms with van der Waals surface area (Å²) in [5.74, 6) is 0.119. The van der Waals surface area contributed by atoms with E-state index < -0.39 is 0 Å². The largest absolute Gasteiger partial charge is 0.484 e. The van der Waals surface area contributed by atoms with Gasteiger partial charge in [0.05, 0.1) is 0 Å². The first-order valence-electron chi connectivity index (χ1n) is 10.5. The summed E-state index contributed by atoms with van der Waals surface area (Å²) in [4.78, 5) is 29.1. The smallest absolute Gasteiger partial charge is 0.268 e. The molecule has 2 aromatic carbocycles. The van der Waals surface area contributed by atoms with Crippen molar-refractivity contribution in [2.24, 2.45) is 0 Å². The van der Waals surface area contributed by atoms with Crippen LogP contribution >= 0.6 is 11.6 Å². The lowest BCUT2D eigenvalue weighted by Crippen LogP contribution is -2.25. The normalized spacial score (nSPS) is 10.7. The van der Waals surface area contributed by atoms with Gasteiger partial charge in [-0.2, -0.15) is 0 Å². The Kier molecular flexibility index (Phi) is 6.90. The lowest BCUT2D eigenvalue weighted by Gasteiger charge is -2.10. The molecule has 2 amide bonds. The van der Waals surface area contributed by atoms with Crippen LogP contribution in [-0.4, -0.2) is 28.0 Å². The molecule has 2 aromatic heterocycles. The Labute approximate surface area is 196 Å². The first-order valence-corrected chi connectivity index (χ1v) is 10.9. The van der Waals surface area contributed by atoms with Crippen LogP contribution < -0.4 is 15.4 Å². The molecule has 0 unspecified atom stereocenters. The van der Waals surface area contributed by atoms with E-state index in [0.29, 0.717) is 35.2 Å². The third-order valence-corrected chi connectivity index (χ3v) is 5.37. The minimum absolute atomic E-state index is 0.127. The number of fused-ring (bicyclic) bond motifs is 1. The molecule has 4 aromatic rings. The predicted octanol–water partition coefficient (Wildman–Crippen LogP) is 4.66. The molecule has 0 spiro atoms. The number of amides is 2. The lowest BCUT2D eigenvalue weighted by atomic mass is 10.2. The van der Waals surface area contributed by atoms with E-state index in [-0.39, 0.29) is 18.4 Å². The highest BCUT2D eigenvalue weighted by Crippen LogP contribution is 2.24. The van der Waals surface area contributed by atoms with E-state index in [4.69, 9.17) is 16.3 Å². The summed E-state index contributed by atoms with van der Waals surface area (Å²) in [6.07, 6.45) is 3.39. The van der Waals surface area contributed by atoms with Crippen molar-refractivity contribution in [2.45, 2.75) is 20.0 Å². The van der Waals surface area contributed by atoms with Crippen molar-refractivity contribution in [2.75, 3.05) is 11.9 Å². The van der Waals surface area contributed by atoms with Crippen LogP contribution in [0.25, 0.3) is 10.9 Å². The van der Waals surface area contributed by atoms with Gasteiger partial charge in [0.15, 0.2) is 6.61 Å². The zero-order valence-corrected chi connectivity index (χ0v) is 18.8. The maximum absolute atomic E-state index is 12.8. The molecule has 0 aliphatic heterocycles. The Morgan fingerprint density at radius 2 is 1.79 bits per heavy atom. The van der Waals surface area contributed by atoms with Crippen LogP contribution in [0.5, 0.6) is 5.75 Å². The molecule has 168 valence electrons. The Morgan fingerprint density at radius 1 is 1.03 bits per heavy atom. The van der Waals surface area contributed by atoms with Gasteiger partial charge in [-0.15, -0.1) is 0 Å². The van der Waals surface area contributed by atoms with E-state index in [1.54, 1.807) is 36.7 Å². The molecule has 0 atom stereocenters. The molecule has 0 aliphatic carbocycles. The third kappa shape index (κ3) is 5.51. The zero-order chi connectivity index (χ0) is 23.2. The number of nitrogens with one attached hydrogen (secondary N) is 2. The van der Waals surface area contributed by atoms with Crippen molar-refractivity contribution in [1.82, 2.24) is 14.9 Å². The molecule has 0 saturated carbocycles. The molecular formula is C25H23ClN4O3. The summed E-state index contributed by atoms with van der Waals surface area (Å²) in [6, 6.07) is 17.9. The third-order valence-electron chi connectivity index (χ3n) is 5.12. The summed E-state index contributed by atoms with van der Waals surface area (Å²) in [6.45, 7) is 2.92. The van der Waals surface area contributed by atoms with Crippen LogP contribution in [0.2, 0.25) is 5.02 Å². The Hall–Kier alpha value is -3.84. The second-order valence-corrected chi connectivity index (χ2v) is 7.81. The summed E-state index contributed by atoms with van der Waals surface area (Å²) in [7, 11) is 0. The summed E-state index contributed by atoms with van der Waals surface area (Å²) in [5.41, 5.74) is 3.09. The number of pyridine rings is 1. The van der Waals surface area contributed by atoms with Gasteiger partial charge in [0.1, 0.15) is 11.4 Å². The summed E-state index contributed by atoms with van der Waals surface area (Å²) >= 11 is 5.85. The quantitative estimate of drug-likeness (QED) is 0.399. The summed E-state index contributed by atoms with van der Waals surface area (Å²) in [5, 5.41) is 7.25. The number of hydrogen-bond acceptors (Lipinski definition) is 4. The number of hydrogen-bond donors (Lipinski definition) is 2. The van der Waals surface area contributed by atoms with Crippen LogP contribution in [0, 0.1) is 0 Å². The fourth-order valence-corrected chi connectivity index (χ4v) is 3.65. The van der Waals surface area contributed by atoms with E-state index in [1.165, 1.54) is 0 Å². The molecule has 0 fully saturated rings. The van der Waals surface area contributed by atoms with Crippen molar-refractivity contribution < 1.29 is 14.3 Å². The summed E-state index contributed by atoms with van der Waals surface area (Å²) < 4.78 is 7.44. The number of anilines is 1. The minimum atomic E-state index is -0.283. The molecule has 33 heavy (non-hydrogen) atoms. The first kappa shape index (κ1) is 22.4. The van der Waals surface area contributed by atoms with Crippen molar-refractivity contribution in [3.05, 3.63) is 89.3 Å². The van der Waals surface area contributed by atoms with Gasteiger partial charge < -0.3 is 19.9 Å². The van der Waals surface area contributed by atoms with Crippen molar-refractivity contribution in [1.29, 1.82) is 0 Å². The second-order valence-electron chi connectivity index (χ2n) is 7.38. The van der Waals surface area contributed by atoms with E-state index in [0.717, 1.165) is 16.5 Å². The molecule has 0 bridgehead atoms.